The molecule has 0 fully saturated rings. The van der Waals surface area contributed by atoms with Crippen molar-refractivity contribution in [3.63, 3.8) is 0 Å². The van der Waals surface area contributed by atoms with Crippen molar-refractivity contribution in [2.45, 2.75) is 0 Å². The van der Waals surface area contributed by atoms with Gasteiger partial charge in [-0.2, -0.15) is 0 Å². The molecule has 0 aliphatic carbocycles. The molecule has 2 aromatic rings. The fourth-order valence-corrected chi connectivity index (χ4v) is 2.69. The number of hydrogen-bond donors (Lipinski definition) is 0. The molecule has 1 heterocycles. The molecule has 24 heavy (non-hydrogen) atoms. The van der Waals surface area contributed by atoms with Crippen molar-refractivity contribution < 1.29 is 14.3 Å². The molecule has 0 aromatic heterocycles. The molecule has 0 saturated heterocycles. The van der Waals surface area contributed by atoms with Crippen LogP contribution in [0.3, 0.4) is 0 Å². The first-order chi connectivity index (χ1) is 11.5. The molecular weight excluding hydrogens is 373 g/mol. The van der Waals surface area contributed by atoms with Crippen LogP contribution in [-0.4, -0.2) is 19.0 Å². The summed E-state index contributed by atoms with van der Waals surface area (Å²) in [4.78, 5) is 16.3. The van der Waals surface area contributed by atoms with Gasteiger partial charge in [0, 0.05) is 5.02 Å². The number of esters is 1. The van der Waals surface area contributed by atoms with E-state index in [0.29, 0.717) is 31.9 Å². The third kappa shape index (κ3) is 3.26. The highest BCUT2D eigenvalue weighted by Crippen LogP contribution is 2.30. The number of halogens is 3. The molecule has 122 valence electrons. The van der Waals surface area contributed by atoms with E-state index in [4.69, 9.17) is 44.3 Å². The van der Waals surface area contributed by atoms with Gasteiger partial charge in [0.2, 0.25) is 5.90 Å². The average molecular weight is 383 g/mol. The zero-order chi connectivity index (χ0) is 17.3. The van der Waals surface area contributed by atoms with Crippen molar-refractivity contribution in [3.8, 4) is 5.75 Å². The Kier molecular flexibility index (Phi) is 4.81. The predicted molar refractivity (Wildman–Crippen MR) is 95.1 cm³/mol. The Balaban J connectivity index is 2.04. The predicted octanol–water partition coefficient (Wildman–Crippen LogP) is 5.00. The number of carbonyl (C=O) groups excluding carboxylic acids is 1. The van der Waals surface area contributed by atoms with Crippen LogP contribution in [0, 0.1) is 0 Å². The fraction of sp³-hybridized carbons (Fsp3) is 0.0588. The minimum Gasteiger partial charge on any atom is -0.496 e. The molecule has 1 aliphatic heterocycles. The van der Waals surface area contributed by atoms with Gasteiger partial charge in [-0.25, -0.2) is 9.79 Å². The maximum Gasteiger partial charge on any atom is 0.363 e. The SMILES string of the molecule is COc1ccc(Cl)cc1C1=NC(=Cc2cccc(Cl)c2Cl)C(=O)O1. The highest BCUT2D eigenvalue weighted by atomic mass is 35.5. The van der Waals surface area contributed by atoms with E-state index in [1.54, 1.807) is 36.4 Å². The molecule has 1 aliphatic rings. The van der Waals surface area contributed by atoms with E-state index >= 15 is 0 Å². The molecular formula is C17H10Cl3NO3. The molecule has 0 saturated carbocycles. The number of hydrogen-bond acceptors (Lipinski definition) is 4. The smallest absolute Gasteiger partial charge is 0.363 e. The minimum absolute atomic E-state index is 0.108. The molecule has 0 atom stereocenters. The van der Waals surface area contributed by atoms with Crippen molar-refractivity contribution in [2.24, 2.45) is 4.99 Å². The van der Waals surface area contributed by atoms with Crippen LogP contribution in [-0.2, 0) is 9.53 Å². The summed E-state index contributed by atoms with van der Waals surface area (Å²) in [5.41, 5.74) is 1.16. The first-order valence-electron chi connectivity index (χ1n) is 6.80. The zero-order valence-corrected chi connectivity index (χ0v) is 14.6. The summed E-state index contributed by atoms with van der Waals surface area (Å²) in [5, 5.41) is 1.20. The van der Waals surface area contributed by atoms with E-state index in [1.807, 2.05) is 0 Å². The number of benzene rings is 2. The van der Waals surface area contributed by atoms with Gasteiger partial charge in [-0.3, -0.25) is 0 Å². The van der Waals surface area contributed by atoms with E-state index in [2.05, 4.69) is 4.99 Å². The van der Waals surface area contributed by atoms with E-state index in [1.165, 1.54) is 13.2 Å². The molecule has 0 amide bonds. The number of cyclic esters (lactones) is 1. The van der Waals surface area contributed by atoms with Gasteiger partial charge in [0.15, 0.2) is 5.70 Å². The van der Waals surface area contributed by atoms with Gasteiger partial charge in [0.05, 0.1) is 22.7 Å². The molecule has 3 rings (SSSR count). The number of aliphatic imine (C=N–C) groups is 1. The lowest BCUT2D eigenvalue weighted by molar-refractivity contribution is -0.129. The van der Waals surface area contributed by atoms with Crippen molar-refractivity contribution in [1.82, 2.24) is 0 Å². The summed E-state index contributed by atoms with van der Waals surface area (Å²) in [5.74, 6) is 0.0137. The molecule has 4 nitrogen and oxygen atoms in total. The molecule has 0 unspecified atom stereocenters. The lowest BCUT2D eigenvalue weighted by Crippen LogP contribution is -2.07. The van der Waals surface area contributed by atoms with Crippen LogP contribution in [0.4, 0.5) is 0 Å². The second-order valence-corrected chi connectivity index (χ2v) is 6.05. The number of ether oxygens (including phenoxy) is 2. The molecule has 0 N–H and O–H groups in total. The van der Waals surface area contributed by atoms with Crippen molar-refractivity contribution in [1.29, 1.82) is 0 Å². The Hall–Kier alpha value is -2.01. The van der Waals surface area contributed by atoms with Crippen molar-refractivity contribution >= 4 is 52.7 Å². The van der Waals surface area contributed by atoms with Gasteiger partial charge in [0.25, 0.3) is 0 Å². The summed E-state index contributed by atoms with van der Waals surface area (Å²) in [6.45, 7) is 0. The maximum atomic E-state index is 12.1. The monoisotopic (exact) mass is 381 g/mol. The van der Waals surface area contributed by atoms with Gasteiger partial charge in [-0.05, 0) is 35.9 Å². The molecule has 2 aromatic carbocycles. The Bertz CT molecular complexity index is 891. The summed E-state index contributed by atoms with van der Waals surface area (Å²) in [6.07, 6.45) is 1.51. The van der Waals surface area contributed by atoms with Crippen molar-refractivity contribution in [3.05, 3.63) is 68.3 Å². The first-order valence-corrected chi connectivity index (χ1v) is 7.93. The summed E-state index contributed by atoms with van der Waals surface area (Å²) in [7, 11) is 1.51. The number of rotatable bonds is 3. The van der Waals surface area contributed by atoms with E-state index in [0.717, 1.165) is 0 Å². The van der Waals surface area contributed by atoms with Crippen LogP contribution >= 0.6 is 34.8 Å². The van der Waals surface area contributed by atoms with Gasteiger partial charge in [-0.1, -0.05) is 46.9 Å². The quantitative estimate of drug-likeness (QED) is 0.554. The normalized spacial score (nSPS) is 15.4. The van der Waals surface area contributed by atoms with Crippen LogP contribution in [0.2, 0.25) is 15.1 Å². The third-order valence-corrected chi connectivity index (χ3v) is 4.35. The van der Waals surface area contributed by atoms with Crippen LogP contribution in [0.1, 0.15) is 11.1 Å². The van der Waals surface area contributed by atoms with Gasteiger partial charge in [0.1, 0.15) is 5.75 Å². The highest BCUT2D eigenvalue weighted by molar-refractivity contribution is 6.43. The second kappa shape index (κ2) is 6.85. The van der Waals surface area contributed by atoms with Crippen LogP contribution < -0.4 is 4.74 Å². The van der Waals surface area contributed by atoms with Gasteiger partial charge < -0.3 is 9.47 Å². The lowest BCUT2D eigenvalue weighted by Gasteiger charge is -2.07. The minimum atomic E-state index is -0.594. The molecule has 7 heteroatoms. The lowest BCUT2D eigenvalue weighted by atomic mass is 10.2. The number of nitrogens with zero attached hydrogens (tertiary/aromatic N) is 1. The molecule has 0 radical (unpaired) electrons. The maximum absolute atomic E-state index is 12.1. The summed E-state index contributed by atoms with van der Waals surface area (Å²) in [6, 6.07) is 10.1. The third-order valence-electron chi connectivity index (χ3n) is 3.29. The second-order valence-electron chi connectivity index (χ2n) is 4.82. The highest BCUT2D eigenvalue weighted by Gasteiger charge is 2.26. The fourth-order valence-electron chi connectivity index (χ4n) is 2.15. The Morgan fingerprint density at radius 2 is 1.96 bits per heavy atom. The topological polar surface area (TPSA) is 47.9 Å². The Morgan fingerprint density at radius 3 is 2.71 bits per heavy atom. The Labute approximate surface area is 153 Å². The molecule has 0 bridgehead atoms. The summed E-state index contributed by atoms with van der Waals surface area (Å²) >= 11 is 18.1. The van der Waals surface area contributed by atoms with Crippen LogP contribution in [0.5, 0.6) is 5.75 Å². The zero-order valence-electron chi connectivity index (χ0n) is 12.3. The van der Waals surface area contributed by atoms with Gasteiger partial charge in [-0.15, -0.1) is 0 Å². The van der Waals surface area contributed by atoms with Crippen LogP contribution in [0.15, 0.2) is 47.1 Å². The van der Waals surface area contributed by atoms with E-state index in [-0.39, 0.29) is 11.6 Å². The number of methoxy groups -OCH3 is 1. The van der Waals surface area contributed by atoms with Gasteiger partial charge >= 0.3 is 5.97 Å². The Morgan fingerprint density at radius 1 is 1.17 bits per heavy atom. The molecule has 0 spiro atoms. The standard InChI is InChI=1S/C17H10Cl3NO3/c1-23-14-6-5-10(18)8-11(14)16-21-13(17(22)24-16)7-9-3-2-4-12(19)15(9)20/h2-8H,1H3. The van der Waals surface area contributed by atoms with E-state index in [9.17, 15) is 4.79 Å². The van der Waals surface area contributed by atoms with Crippen molar-refractivity contribution in [2.75, 3.05) is 7.11 Å². The van der Waals surface area contributed by atoms with E-state index < -0.39 is 5.97 Å². The number of carbonyl (C=O) groups is 1. The average Bonchev–Trinajstić information content (AvgIpc) is 2.92. The largest absolute Gasteiger partial charge is 0.496 e. The summed E-state index contributed by atoms with van der Waals surface area (Å²) < 4.78 is 10.5. The van der Waals surface area contributed by atoms with Crippen LogP contribution in [0.25, 0.3) is 6.08 Å². The first kappa shape index (κ1) is 16.8.